The number of aryl methyl sites for hydroxylation is 2. The van der Waals surface area contributed by atoms with Crippen molar-refractivity contribution in [2.24, 2.45) is 0 Å². The molecule has 1 aliphatic rings. The molecule has 0 saturated heterocycles. The molecule has 9 heteroatoms. The summed E-state index contributed by atoms with van der Waals surface area (Å²) in [5.41, 5.74) is 3.33. The Labute approximate surface area is 182 Å². The van der Waals surface area contributed by atoms with Gasteiger partial charge < -0.3 is 5.32 Å². The Bertz CT molecular complexity index is 1380. The molecule has 5 rings (SSSR count). The van der Waals surface area contributed by atoms with Crippen LogP contribution in [0.15, 0.2) is 58.7 Å². The van der Waals surface area contributed by atoms with Crippen LogP contribution < -0.4 is 10.9 Å². The molecule has 1 N–H and O–H groups in total. The summed E-state index contributed by atoms with van der Waals surface area (Å²) in [5.74, 6) is 0.941. The van der Waals surface area contributed by atoms with Crippen molar-refractivity contribution >= 4 is 34.5 Å². The molecule has 4 aromatic rings. The predicted molar refractivity (Wildman–Crippen MR) is 120 cm³/mol. The van der Waals surface area contributed by atoms with Crippen LogP contribution in [0, 0.1) is 13.8 Å². The number of aromatic nitrogens is 5. The predicted octanol–water partition coefficient (Wildman–Crippen LogP) is 3.27. The van der Waals surface area contributed by atoms with Gasteiger partial charge in [0.1, 0.15) is 11.2 Å². The van der Waals surface area contributed by atoms with Gasteiger partial charge in [-0.3, -0.25) is 14.2 Å². The fourth-order valence-corrected chi connectivity index (χ4v) is 4.87. The van der Waals surface area contributed by atoms with E-state index in [0.717, 1.165) is 16.8 Å². The molecule has 0 bridgehead atoms. The van der Waals surface area contributed by atoms with Crippen LogP contribution in [0.25, 0.3) is 16.7 Å². The number of amides is 1. The van der Waals surface area contributed by atoms with Crippen molar-refractivity contribution in [1.82, 2.24) is 24.3 Å². The highest BCUT2D eigenvalue weighted by Gasteiger charge is 2.29. The van der Waals surface area contributed by atoms with Crippen LogP contribution >= 0.6 is 11.8 Å². The van der Waals surface area contributed by atoms with Crippen molar-refractivity contribution in [3.63, 3.8) is 0 Å². The number of anilines is 1. The van der Waals surface area contributed by atoms with E-state index in [9.17, 15) is 9.59 Å². The van der Waals surface area contributed by atoms with Crippen molar-refractivity contribution in [1.29, 1.82) is 0 Å². The first-order chi connectivity index (χ1) is 15.0. The van der Waals surface area contributed by atoms with Crippen LogP contribution in [0.3, 0.4) is 0 Å². The van der Waals surface area contributed by atoms with E-state index in [-0.39, 0.29) is 23.9 Å². The number of fused-ring (bicyclic) bond motifs is 2. The zero-order valence-corrected chi connectivity index (χ0v) is 17.9. The number of hydrogen-bond acceptors (Lipinski definition) is 6. The van der Waals surface area contributed by atoms with Gasteiger partial charge in [0.05, 0.1) is 17.9 Å². The highest BCUT2D eigenvalue weighted by molar-refractivity contribution is 7.99. The molecular formula is C22H20N6O2S. The maximum absolute atomic E-state index is 13.2. The lowest BCUT2D eigenvalue weighted by Gasteiger charge is -2.13. The highest BCUT2D eigenvalue weighted by atomic mass is 32.2. The van der Waals surface area contributed by atoms with Crippen molar-refractivity contribution in [3.8, 4) is 5.69 Å². The number of thioether (sulfide) groups is 1. The molecule has 1 aromatic carbocycles. The van der Waals surface area contributed by atoms with Crippen LogP contribution in [0.4, 0.5) is 5.82 Å². The van der Waals surface area contributed by atoms with Crippen molar-refractivity contribution < 1.29 is 4.79 Å². The maximum Gasteiger partial charge on any atom is 0.265 e. The molecule has 8 nitrogen and oxygen atoms in total. The first-order valence-electron chi connectivity index (χ1n) is 9.92. The molecule has 0 fully saturated rings. The van der Waals surface area contributed by atoms with Gasteiger partial charge in [-0.15, -0.1) is 0 Å². The number of carbonyl (C=O) groups is 1. The lowest BCUT2D eigenvalue weighted by molar-refractivity contribution is -0.116. The van der Waals surface area contributed by atoms with Crippen LogP contribution in [-0.4, -0.2) is 36.0 Å². The second kappa shape index (κ2) is 7.66. The fraction of sp³-hybridized carbons (Fsp3) is 0.227. The molecule has 0 saturated carbocycles. The minimum absolute atomic E-state index is 0.171. The van der Waals surface area contributed by atoms with Crippen molar-refractivity contribution in [2.75, 3.05) is 11.1 Å². The molecule has 1 aliphatic heterocycles. The average molecular weight is 433 g/mol. The standard InChI is InChI=1S/C22H20N6O2S/c1-13-4-3-5-15(8-13)28-20-17(11-24-28)21(30)27-16(12-31-22(27)26-20)10-19(29)25-18-9-14(2)6-7-23-18/h3-9,11,16H,10,12H2,1-2H3,(H,23,25,29). The molecule has 0 aliphatic carbocycles. The summed E-state index contributed by atoms with van der Waals surface area (Å²) in [6, 6.07) is 11.3. The summed E-state index contributed by atoms with van der Waals surface area (Å²) in [7, 11) is 0. The number of benzene rings is 1. The Kier molecular flexibility index (Phi) is 4.82. The van der Waals surface area contributed by atoms with Gasteiger partial charge in [0.25, 0.3) is 5.56 Å². The lowest BCUT2D eigenvalue weighted by Crippen LogP contribution is -2.28. The first-order valence-corrected chi connectivity index (χ1v) is 10.9. The number of carbonyl (C=O) groups excluding carboxylic acids is 1. The van der Waals surface area contributed by atoms with Gasteiger partial charge in [-0.25, -0.2) is 14.6 Å². The smallest absolute Gasteiger partial charge is 0.265 e. The van der Waals surface area contributed by atoms with Gasteiger partial charge in [-0.1, -0.05) is 23.9 Å². The van der Waals surface area contributed by atoms with Gasteiger partial charge in [0.2, 0.25) is 5.91 Å². The number of pyridine rings is 1. The van der Waals surface area contributed by atoms with Gasteiger partial charge in [-0.05, 0) is 49.2 Å². The number of hydrogen-bond donors (Lipinski definition) is 1. The largest absolute Gasteiger partial charge is 0.311 e. The van der Waals surface area contributed by atoms with Gasteiger partial charge in [-0.2, -0.15) is 5.10 Å². The first kappa shape index (κ1) is 19.5. The minimum atomic E-state index is -0.267. The van der Waals surface area contributed by atoms with Crippen LogP contribution in [0.5, 0.6) is 0 Å². The number of nitrogens with one attached hydrogen (secondary N) is 1. The third-order valence-electron chi connectivity index (χ3n) is 5.22. The van der Waals surface area contributed by atoms with E-state index in [4.69, 9.17) is 4.98 Å². The summed E-state index contributed by atoms with van der Waals surface area (Å²) >= 11 is 1.48. The van der Waals surface area contributed by atoms with Crippen molar-refractivity contribution in [3.05, 3.63) is 70.3 Å². The summed E-state index contributed by atoms with van der Waals surface area (Å²) in [6.45, 7) is 3.95. The molecule has 0 radical (unpaired) electrons. The molecule has 31 heavy (non-hydrogen) atoms. The summed E-state index contributed by atoms with van der Waals surface area (Å²) in [5, 5.41) is 8.27. The third-order valence-corrected chi connectivity index (χ3v) is 6.32. The van der Waals surface area contributed by atoms with E-state index in [2.05, 4.69) is 15.4 Å². The zero-order valence-electron chi connectivity index (χ0n) is 17.1. The molecule has 4 heterocycles. The van der Waals surface area contributed by atoms with E-state index in [1.165, 1.54) is 11.8 Å². The molecule has 1 atom stereocenters. The topological polar surface area (TPSA) is 94.7 Å². The minimum Gasteiger partial charge on any atom is -0.311 e. The van der Waals surface area contributed by atoms with Crippen LogP contribution in [0.1, 0.15) is 23.6 Å². The van der Waals surface area contributed by atoms with E-state index in [1.54, 1.807) is 21.6 Å². The van der Waals surface area contributed by atoms with E-state index < -0.39 is 0 Å². The van der Waals surface area contributed by atoms with Crippen molar-refractivity contribution in [2.45, 2.75) is 31.5 Å². The number of rotatable bonds is 4. The molecule has 1 unspecified atom stereocenters. The Hall–Kier alpha value is -3.46. The molecule has 156 valence electrons. The Morgan fingerprint density at radius 2 is 2.06 bits per heavy atom. The molecule has 0 spiro atoms. The Morgan fingerprint density at radius 3 is 2.87 bits per heavy atom. The average Bonchev–Trinajstić information content (AvgIpc) is 3.33. The fourth-order valence-electron chi connectivity index (χ4n) is 3.74. The highest BCUT2D eigenvalue weighted by Crippen LogP contribution is 2.33. The van der Waals surface area contributed by atoms with Crippen LogP contribution in [0.2, 0.25) is 0 Å². The van der Waals surface area contributed by atoms with Gasteiger partial charge in [0.15, 0.2) is 10.8 Å². The zero-order chi connectivity index (χ0) is 21.5. The van der Waals surface area contributed by atoms with Gasteiger partial charge in [0, 0.05) is 18.4 Å². The Morgan fingerprint density at radius 1 is 1.23 bits per heavy atom. The summed E-state index contributed by atoms with van der Waals surface area (Å²) in [6.07, 6.45) is 3.38. The summed E-state index contributed by atoms with van der Waals surface area (Å²) in [4.78, 5) is 34.7. The quantitative estimate of drug-likeness (QED) is 0.498. The monoisotopic (exact) mass is 432 g/mol. The molecule has 1 amide bonds. The van der Waals surface area contributed by atoms with E-state index >= 15 is 0 Å². The van der Waals surface area contributed by atoms with E-state index in [1.807, 2.05) is 50.2 Å². The molecular weight excluding hydrogens is 412 g/mol. The summed E-state index contributed by atoms with van der Waals surface area (Å²) < 4.78 is 3.31. The maximum atomic E-state index is 13.2. The Balaban J connectivity index is 1.45. The lowest BCUT2D eigenvalue weighted by atomic mass is 10.2. The van der Waals surface area contributed by atoms with E-state index in [0.29, 0.717) is 27.8 Å². The molecule has 3 aromatic heterocycles. The SMILES string of the molecule is Cc1cccc(-n2ncc3c(=O)n4c(nc32)SCC4CC(=O)Nc2cc(C)ccn2)c1. The third kappa shape index (κ3) is 3.61. The second-order valence-corrected chi connectivity index (χ2v) is 8.62. The van der Waals surface area contributed by atoms with Crippen LogP contribution in [-0.2, 0) is 4.79 Å². The number of nitrogens with zero attached hydrogens (tertiary/aromatic N) is 5. The second-order valence-electron chi connectivity index (χ2n) is 7.64. The van der Waals surface area contributed by atoms with Gasteiger partial charge >= 0.3 is 0 Å². The normalized spacial score (nSPS) is 15.2.